The number of halogens is 1. The molecule has 0 aliphatic carbocycles. The zero-order valence-electron chi connectivity index (χ0n) is 11.8. The molecular weight excluding hydrogens is 316 g/mol. The van der Waals surface area contributed by atoms with Crippen LogP contribution in [-0.4, -0.2) is 18.8 Å². The van der Waals surface area contributed by atoms with E-state index in [-0.39, 0.29) is 0 Å². The summed E-state index contributed by atoms with van der Waals surface area (Å²) in [7, 11) is 1.70. The summed E-state index contributed by atoms with van der Waals surface area (Å²) in [4.78, 5) is 0. The standard InChI is InChI=1S/C17H19BrO2/c1-12-11-15(18)7-8-16(12)17(19)14-5-3-13(4-6-14)9-10-20-2/h3-8,11,17,19H,9-10H2,1-2H3. The minimum atomic E-state index is -0.584. The molecule has 2 aromatic carbocycles. The second-order valence-corrected chi connectivity index (χ2v) is 5.80. The number of benzene rings is 2. The van der Waals surface area contributed by atoms with E-state index in [2.05, 4.69) is 15.9 Å². The Hall–Kier alpha value is -1.16. The average molecular weight is 335 g/mol. The first-order chi connectivity index (χ1) is 9.61. The van der Waals surface area contributed by atoms with Gasteiger partial charge in [-0.05, 0) is 47.7 Å². The SMILES string of the molecule is COCCc1ccc(C(O)c2ccc(Br)cc2C)cc1. The van der Waals surface area contributed by atoms with Gasteiger partial charge in [0.15, 0.2) is 0 Å². The summed E-state index contributed by atoms with van der Waals surface area (Å²) < 4.78 is 6.09. The fourth-order valence-corrected chi connectivity index (χ4v) is 2.69. The zero-order valence-corrected chi connectivity index (χ0v) is 13.4. The third kappa shape index (κ3) is 3.69. The maximum Gasteiger partial charge on any atom is 0.104 e. The van der Waals surface area contributed by atoms with Crippen LogP contribution in [0.5, 0.6) is 0 Å². The summed E-state index contributed by atoms with van der Waals surface area (Å²) in [5.74, 6) is 0. The summed E-state index contributed by atoms with van der Waals surface area (Å²) in [5, 5.41) is 10.5. The first-order valence-electron chi connectivity index (χ1n) is 6.63. The highest BCUT2D eigenvalue weighted by Crippen LogP contribution is 2.27. The number of hydrogen-bond donors (Lipinski definition) is 1. The number of hydrogen-bond acceptors (Lipinski definition) is 2. The summed E-state index contributed by atoms with van der Waals surface area (Å²) in [6.45, 7) is 2.73. The molecule has 0 aromatic heterocycles. The molecule has 0 saturated carbocycles. The lowest BCUT2D eigenvalue weighted by atomic mass is 9.96. The van der Waals surface area contributed by atoms with E-state index in [9.17, 15) is 5.11 Å². The van der Waals surface area contributed by atoms with Crippen molar-refractivity contribution in [3.63, 3.8) is 0 Å². The monoisotopic (exact) mass is 334 g/mol. The van der Waals surface area contributed by atoms with Crippen LogP contribution < -0.4 is 0 Å². The minimum Gasteiger partial charge on any atom is -0.384 e. The summed E-state index contributed by atoms with van der Waals surface area (Å²) in [6, 6.07) is 14.0. The fraction of sp³-hybridized carbons (Fsp3) is 0.294. The molecule has 0 bridgehead atoms. The predicted molar refractivity (Wildman–Crippen MR) is 85.0 cm³/mol. The van der Waals surface area contributed by atoms with E-state index in [1.54, 1.807) is 7.11 Å². The van der Waals surface area contributed by atoms with Gasteiger partial charge in [-0.15, -0.1) is 0 Å². The van der Waals surface area contributed by atoms with Gasteiger partial charge in [0.1, 0.15) is 6.10 Å². The molecule has 0 fully saturated rings. The quantitative estimate of drug-likeness (QED) is 0.894. The van der Waals surface area contributed by atoms with Crippen molar-refractivity contribution >= 4 is 15.9 Å². The molecule has 1 N–H and O–H groups in total. The molecule has 0 amide bonds. The molecule has 0 aliphatic rings. The Balaban J connectivity index is 2.18. The van der Waals surface area contributed by atoms with E-state index in [0.717, 1.165) is 27.6 Å². The minimum absolute atomic E-state index is 0.584. The van der Waals surface area contributed by atoms with Crippen LogP contribution in [0.25, 0.3) is 0 Å². The van der Waals surface area contributed by atoms with Crippen LogP contribution in [0.2, 0.25) is 0 Å². The molecule has 0 saturated heterocycles. The molecule has 0 spiro atoms. The maximum absolute atomic E-state index is 10.5. The van der Waals surface area contributed by atoms with Gasteiger partial charge >= 0.3 is 0 Å². The first kappa shape index (κ1) is 15.2. The molecule has 2 aromatic rings. The normalized spacial score (nSPS) is 12.4. The lowest BCUT2D eigenvalue weighted by molar-refractivity contribution is 0.202. The van der Waals surface area contributed by atoms with E-state index in [0.29, 0.717) is 6.61 Å². The van der Waals surface area contributed by atoms with Crippen LogP contribution in [0, 0.1) is 6.92 Å². The van der Waals surface area contributed by atoms with E-state index in [4.69, 9.17) is 4.74 Å². The van der Waals surface area contributed by atoms with Crippen molar-refractivity contribution in [2.45, 2.75) is 19.4 Å². The Morgan fingerprint density at radius 1 is 1.15 bits per heavy atom. The second-order valence-electron chi connectivity index (χ2n) is 4.89. The molecule has 3 heteroatoms. The predicted octanol–water partition coefficient (Wildman–Crippen LogP) is 4.03. The highest BCUT2D eigenvalue weighted by Gasteiger charge is 2.12. The third-order valence-electron chi connectivity index (χ3n) is 3.42. The van der Waals surface area contributed by atoms with Crippen molar-refractivity contribution in [3.8, 4) is 0 Å². The molecule has 20 heavy (non-hydrogen) atoms. The maximum atomic E-state index is 10.5. The van der Waals surface area contributed by atoms with E-state index >= 15 is 0 Å². The number of aliphatic hydroxyl groups excluding tert-OH is 1. The largest absolute Gasteiger partial charge is 0.384 e. The van der Waals surface area contributed by atoms with Gasteiger partial charge in [-0.1, -0.05) is 46.3 Å². The average Bonchev–Trinajstić information content (AvgIpc) is 2.45. The van der Waals surface area contributed by atoms with E-state index in [1.165, 1.54) is 5.56 Å². The van der Waals surface area contributed by atoms with Gasteiger partial charge in [-0.25, -0.2) is 0 Å². The Morgan fingerprint density at radius 2 is 1.85 bits per heavy atom. The fourth-order valence-electron chi connectivity index (χ4n) is 2.21. The summed E-state index contributed by atoms with van der Waals surface area (Å²) in [5.41, 5.74) is 4.15. The number of ether oxygens (including phenoxy) is 1. The van der Waals surface area contributed by atoms with Crippen LogP contribution in [-0.2, 0) is 11.2 Å². The van der Waals surface area contributed by atoms with Gasteiger partial charge in [-0.3, -0.25) is 0 Å². The molecular formula is C17H19BrO2. The topological polar surface area (TPSA) is 29.5 Å². The van der Waals surface area contributed by atoms with Gasteiger partial charge in [0.05, 0.1) is 6.61 Å². The first-order valence-corrected chi connectivity index (χ1v) is 7.43. The number of aliphatic hydroxyl groups is 1. The highest BCUT2D eigenvalue weighted by molar-refractivity contribution is 9.10. The van der Waals surface area contributed by atoms with Crippen molar-refractivity contribution in [1.29, 1.82) is 0 Å². The highest BCUT2D eigenvalue weighted by atomic mass is 79.9. The summed E-state index contributed by atoms with van der Waals surface area (Å²) >= 11 is 3.44. The van der Waals surface area contributed by atoms with Crippen molar-refractivity contribution in [3.05, 3.63) is 69.2 Å². The van der Waals surface area contributed by atoms with Gasteiger partial charge in [-0.2, -0.15) is 0 Å². The second kappa shape index (κ2) is 7.02. The lowest BCUT2D eigenvalue weighted by Crippen LogP contribution is -2.02. The van der Waals surface area contributed by atoms with Crippen LogP contribution in [0.15, 0.2) is 46.9 Å². The Labute approximate surface area is 128 Å². The number of aryl methyl sites for hydroxylation is 1. The van der Waals surface area contributed by atoms with Gasteiger partial charge in [0, 0.05) is 11.6 Å². The van der Waals surface area contributed by atoms with Gasteiger partial charge in [0.2, 0.25) is 0 Å². The molecule has 0 radical (unpaired) electrons. The molecule has 2 rings (SSSR count). The van der Waals surface area contributed by atoms with Gasteiger partial charge in [0.25, 0.3) is 0 Å². The van der Waals surface area contributed by atoms with Crippen LogP contribution in [0.4, 0.5) is 0 Å². The smallest absolute Gasteiger partial charge is 0.104 e. The van der Waals surface area contributed by atoms with Crippen LogP contribution in [0.1, 0.15) is 28.4 Å². The zero-order chi connectivity index (χ0) is 14.5. The van der Waals surface area contributed by atoms with Crippen molar-refractivity contribution in [2.75, 3.05) is 13.7 Å². The number of rotatable bonds is 5. The third-order valence-corrected chi connectivity index (χ3v) is 3.91. The molecule has 0 aliphatic heterocycles. The van der Waals surface area contributed by atoms with Crippen LogP contribution in [0.3, 0.4) is 0 Å². The van der Waals surface area contributed by atoms with E-state index in [1.807, 2.05) is 49.4 Å². The van der Waals surface area contributed by atoms with Gasteiger partial charge < -0.3 is 9.84 Å². The number of methoxy groups -OCH3 is 1. The van der Waals surface area contributed by atoms with Crippen LogP contribution >= 0.6 is 15.9 Å². The lowest BCUT2D eigenvalue weighted by Gasteiger charge is -2.15. The molecule has 0 heterocycles. The van der Waals surface area contributed by atoms with Crippen molar-refractivity contribution in [1.82, 2.24) is 0 Å². The Morgan fingerprint density at radius 3 is 2.45 bits per heavy atom. The Bertz CT molecular complexity index is 564. The molecule has 1 unspecified atom stereocenters. The van der Waals surface area contributed by atoms with Crippen molar-refractivity contribution < 1.29 is 9.84 Å². The van der Waals surface area contributed by atoms with Crippen molar-refractivity contribution in [2.24, 2.45) is 0 Å². The molecule has 106 valence electrons. The van der Waals surface area contributed by atoms with E-state index < -0.39 is 6.10 Å². The molecule has 1 atom stereocenters. The summed E-state index contributed by atoms with van der Waals surface area (Å²) in [6.07, 6.45) is 0.309. The molecule has 2 nitrogen and oxygen atoms in total. The Kier molecular flexibility index (Phi) is 5.35.